The summed E-state index contributed by atoms with van der Waals surface area (Å²) in [5.41, 5.74) is 5.27. The number of nitrogens with zero attached hydrogens (tertiary/aromatic N) is 2. The van der Waals surface area contributed by atoms with E-state index >= 15 is 0 Å². The number of nitrogens with two attached hydrogens (primary N) is 1. The Kier molecular flexibility index (Phi) is 5.41. The molecule has 1 unspecified atom stereocenters. The maximum Gasteiger partial charge on any atom is 0.229 e. The fourth-order valence-corrected chi connectivity index (χ4v) is 2.95. The first-order valence-corrected chi connectivity index (χ1v) is 7.86. The van der Waals surface area contributed by atoms with Gasteiger partial charge in [0.15, 0.2) is 0 Å². The molecular formula is C15H29N3O2. The van der Waals surface area contributed by atoms with E-state index in [0.717, 1.165) is 45.8 Å². The fourth-order valence-electron chi connectivity index (χ4n) is 2.95. The topological polar surface area (TPSA) is 58.8 Å². The summed E-state index contributed by atoms with van der Waals surface area (Å²) in [6.45, 7) is 9.88. The highest BCUT2D eigenvalue weighted by Gasteiger charge is 2.32. The van der Waals surface area contributed by atoms with E-state index in [1.807, 2.05) is 18.7 Å². The first kappa shape index (κ1) is 15.7. The lowest BCUT2D eigenvalue weighted by molar-refractivity contribution is -0.139. The van der Waals surface area contributed by atoms with Gasteiger partial charge in [0.25, 0.3) is 0 Å². The van der Waals surface area contributed by atoms with Crippen LogP contribution in [-0.2, 0) is 9.53 Å². The summed E-state index contributed by atoms with van der Waals surface area (Å²) >= 11 is 0. The van der Waals surface area contributed by atoms with Gasteiger partial charge >= 0.3 is 0 Å². The molecule has 2 aliphatic rings. The van der Waals surface area contributed by atoms with Crippen molar-refractivity contribution in [1.82, 2.24) is 9.80 Å². The standard InChI is InChI=1S/C15H29N3O2/c1-15(2,12-16)14(19)18-7-4-6-17(8-9-18)11-13-5-3-10-20-13/h13H,3-12,16H2,1-2H3. The van der Waals surface area contributed by atoms with Crippen LogP contribution in [0.25, 0.3) is 0 Å². The van der Waals surface area contributed by atoms with Crippen molar-refractivity contribution in [3.8, 4) is 0 Å². The Hall–Kier alpha value is -0.650. The van der Waals surface area contributed by atoms with Gasteiger partial charge in [-0.05, 0) is 39.7 Å². The molecule has 0 aliphatic carbocycles. The molecule has 20 heavy (non-hydrogen) atoms. The van der Waals surface area contributed by atoms with Crippen LogP contribution in [0.4, 0.5) is 0 Å². The van der Waals surface area contributed by atoms with Crippen LogP contribution in [0.5, 0.6) is 0 Å². The lowest BCUT2D eigenvalue weighted by atomic mass is 9.92. The lowest BCUT2D eigenvalue weighted by Crippen LogP contribution is -2.46. The number of hydrogen-bond donors (Lipinski definition) is 1. The van der Waals surface area contributed by atoms with Crippen LogP contribution in [-0.4, -0.2) is 67.7 Å². The Morgan fingerprint density at radius 3 is 2.70 bits per heavy atom. The van der Waals surface area contributed by atoms with Crippen molar-refractivity contribution >= 4 is 5.91 Å². The van der Waals surface area contributed by atoms with Crippen LogP contribution < -0.4 is 5.73 Å². The van der Waals surface area contributed by atoms with Gasteiger partial charge < -0.3 is 15.4 Å². The molecule has 116 valence electrons. The third-order valence-corrected chi connectivity index (χ3v) is 4.45. The molecule has 2 heterocycles. The molecule has 2 aliphatic heterocycles. The van der Waals surface area contributed by atoms with Gasteiger partial charge in [0, 0.05) is 39.3 Å². The summed E-state index contributed by atoms with van der Waals surface area (Å²) in [6, 6.07) is 0. The van der Waals surface area contributed by atoms with Gasteiger partial charge in [-0.15, -0.1) is 0 Å². The number of carbonyl (C=O) groups is 1. The van der Waals surface area contributed by atoms with Crippen LogP contribution in [0.1, 0.15) is 33.1 Å². The molecule has 2 fully saturated rings. The van der Waals surface area contributed by atoms with Crippen molar-refractivity contribution in [3.05, 3.63) is 0 Å². The predicted molar refractivity (Wildman–Crippen MR) is 79.4 cm³/mol. The molecule has 5 nitrogen and oxygen atoms in total. The van der Waals surface area contributed by atoms with E-state index in [1.165, 1.54) is 12.8 Å². The quantitative estimate of drug-likeness (QED) is 0.824. The third kappa shape index (κ3) is 3.93. The Morgan fingerprint density at radius 1 is 1.25 bits per heavy atom. The number of carbonyl (C=O) groups excluding carboxylic acids is 1. The van der Waals surface area contributed by atoms with E-state index in [-0.39, 0.29) is 5.91 Å². The van der Waals surface area contributed by atoms with Crippen molar-refractivity contribution in [1.29, 1.82) is 0 Å². The largest absolute Gasteiger partial charge is 0.377 e. The van der Waals surface area contributed by atoms with Crippen molar-refractivity contribution < 1.29 is 9.53 Å². The second-order valence-corrected chi connectivity index (χ2v) is 6.67. The van der Waals surface area contributed by atoms with Crippen molar-refractivity contribution in [3.63, 3.8) is 0 Å². The molecule has 2 rings (SSSR count). The fraction of sp³-hybridized carbons (Fsp3) is 0.933. The minimum Gasteiger partial charge on any atom is -0.377 e. The third-order valence-electron chi connectivity index (χ3n) is 4.45. The lowest BCUT2D eigenvalue weighted by Gasteiger charge is -2.30. The molecule has 0 bridgehead atoms. The minimum absolute atomic E-state index is 0.193. The van der Waals surface area contributed by atoms with E-state index in [9.17, 15) is 4.79 Å². The van der Waals surface area contributed by atoms with E-state index < -0.39 is 5.41 Å². The number of ether oxygens (including phenoxy) is 1. The first-order chi connectivity index (χ1) is 9.53. The van der Waals surface area contributed by atoms with Crippen LogP contribution in [0.3, 0.4) is 0 Å². The molecule has 0 spiro atoms. The molecule has 0 aromatic heterocycles. The van der Waals surface area contributed by atoms with Crippen molar-refractivity contribution in [2.24, 2.45) is 11.1 Å². The smallest absolute Gasteiger partial charge is 0.229 e. The monoisotopic (exact) mass is 283 g/mol. The van der Waals surface area contributed by atoms with Gasteiger partial charge in [-0.3, -0.25) is 9.69 Å². The maximum atomic E-state index is 12.5. The van der Waals surface area contributed by atoms with Gasteiger partial charge in [-0.2, -0.15) is 0 Å². The van der Waals surface area contributed by atoms with Gasteiger partial charge in [-0.1, -0.05) is 0 Å². The van der Waals surface area contributed by atoms with Gasteiger partial charge in [-0.25, -0.2) is 0 Å². The predicted octanol–water partition coefficient (Wildman–Crippen LogP) is 0.685. The first-order valence-electron chi connectivity index (χ1n) is 7.86. The number of amides is 1. The summed E-state index contributed by atoms with van der Waals surface area (Å²) in [7, 11) is 0. The molecule has 0 aromatic rings. The van der Waals surface area contributed by atoms with Crippen LogP contribution >= 0.6 is 0 Å². The Morgan fingerprint density at radius 2 is 2.05 bits per heavy atom. The Balaban J connectivity index is 1.83. The van der Waals surface area contributed by atoms with Crippen LogP contribution in [0.15, 0.2) is 0 Å². The zero-order chi connectivity index (χ0) is 14.6. The second kappa shape index (κ2) is 6.87. The highest BCUT2D eigenvalue weighted by Crippen LogP contribution is 2.19. The second-order valence-electron chi connectivity index (χ2n) is 6.67. The van der Waals surface area contributed by atoms with E-state index in [0.29, 0.717) is 12.6 Å². The number of hydrogen-bond acceptors (Lipinski definition) is 4. The summed E-state index contributed by atoms with van der Waals surface area (Å²) in [6.07, 6.45) is 3.81. The van der Waals surface area contributed by atoms with Crippen LogP contribution in [0.2, 0.25) is 0 Å². The van der Waals surface area contributed by atoms with E-state index in [2.05, 4.69) is 4.90 Å². The van der Waals surface area contributed by atoms with Crippen molar-refractivity contribution in [2.45, 2.75) is 39.2 Å². The molecule has 0 saturated carbocycles. The number of rotatable bonds is 4. The summed E-state index contributed by atoms with van der Waals surface area (Å²) in [5, 5.41) is 0. The van der Waals surface area contributed by atoms with Gasteiger partial charge in [0.1, 0.15) is 0 Å². The molecule has 0 radical (unpaired) electrons. The van der Waals surface area contributed by atoms with E-state index in [4.69, 9.17) is 10.5 Å². The average molecular weight is 283 g/mol. The minimum atomic E-state index is -0.441. The molecule has 5 heteroatoms. The molecular weight excluding hydrogens is 254 g/mol. The average Bonchev–Trinajstić information content (AvgIpc) is 2.83. The van der Waals surface area contributed by atoms with Crippen LogP contribution in [0, 0.1) is 5.41 Å². The summed E-state index contributed by atoms with van der Waals surface area (Å²) in [4.78, 5) is 16.9. The molecule has 2 saturated heterocycles. The molecule has 2 N–H and O–H groups in total. The summed E-state index contributed by atoms with van der Waals surface area (Å²) < 4.78 is 5.70. The Bertz CT molecular complexity index is 327. The molecule has 1 amide bonds. The normalized spacial score (nSPS) is 25.8. The SMILES string of the molecule is CC(C)(CN)C(=O)N1CCCN(CC2CCCO2)CC1. The van der Waals surface area contributed by atoms with Gasteiger partial charge in [0.05, 0.1) is 11.5 Å². The van der Waals surface area contributed by atoms with E-state index in [1.54, 1.807) is 0 Å². The molecule has 0 aromatic carbocycles. The summed E-state index contributed by atoms with van der Waals surface area (Å²) in [5.74, 6) is 0.193. The highest BCUT2D eigenvalue weighted by atomic mass is 16.5. The zero-order valence-corrected chi connectivity index (χ0v) is 12.9. The van der Waals surface area contributed by atoms with Gasteiger partial charge in [0.2, 0.25) is 5.91 Å². The maximum absolute atomic E-state index is 12.5. The molecule has 1 atom stereocenters. The van der Waals surface area contributed by atoms with Crippen molar-refractivity contribution in [2.75, 3.05) is 45.9 Å². The Labute approximate surface area is 122 Å². The highest BCUT2D eigenvalue weighted by molar-refractivity contribution is 5.82. The zero-order valence-electron chi connectivity index (χ0n) is 12.9.